The fourth-order valence-electron chi connectivity index (χ4n) is 2.92. The Balaban J connectivity index is 0.000000574. The van der Waals surface area contributed by atoms with Crippen LogP contribution >= 0.6 is 0 Å². The van der Waals surface area contributed by atoms with E-state index in [4.69, 9.17) is 0 Å². The van der Waals surface area contributed by atoms with E-state index in [1.165, 1.54) is 0 Å². The van der Waals surface area contributed by atoms with Gasteiger partial charge in [-0.05, 0) is 12.8 Å². The highest BCUT2D eigenvalue weighted by atomic mass is 16.6. The van der Waals surface area contributed by atoms with Crippen molar-refractivity contribution >= 4 is 23.9 Å². The molecule has 2 saturated heterocycles. The minimum Gasteiger partial charge on any atom is -0.393 e. The van der Waals surface area contributed by atoms with Gasteiger partial charge in [-0.15, -0.1) is 0 Å². The van der Waals surface area contributed by atoms with Crippen LogP contribution in [0.15, 0.2) is 0 Å². The molecule has 18 heavy (non-hydrogen) atoms. The second kappa shape index (κ2) is 4.19. The van der Waals surface area contributed by atoms with Crippen molar-refractivity contribution in [2.24, 2.45) is 17.3 Å². The van der Waals surface area contributed by atoms with E-state index < -0.39 is 41.1 Å². The zero-order chi connectivity index (χ0) is 13.5. The van der Waals surface area contributed by atoms with E-state index in [1.807, 2.05) is 13.8 Å². The van der Waals surface area contributed by atoms with Gasteiger partial charge in [-0.25, -0.2) is 0 Å². The zero-order valence-corrected chi connectivity index (χ0v) is 10.2. The third kappa shape index (κ3) is 1.55. The van der Waals surface area contributed by atoms with Crippen molar-refractivity contribution in [3.63, 3.8) is 0 Å². The van der Waals surface area contributed by atoms with Gasteiger partial charge in [0, 0.05) is 0 Å². The summed E-state index contributed by atoms with van der Waals surface area (Å²) in [6.07, 6.45) is 0.363. The SMILES string of the molecule is CC.O=C1CC2(CC3CC2C(=O)OC3=O)C(=O)O1. The van der Waals surface area contributed by atoms with Crippen molar-refractivity contribution in [3.05, 3.63) is 0 Å². The lowest BCUT2D eigenvalue weighted by atomic mass is 9.76. The first-order valence-corrected chi connectivity index (χ1v) is 6.03. The smallest absolute Gasteiger partial charge is 0.321 e. The fourth-order valence-corrected chi connectivity index (χ4v) is 2.92. The highest BCUT2D eigenvalue weighted by Crippen LogP contribution is 2.55. The summed E-state index contributed by atoms with van der Waals surface area (Å²) < 4.78 is 9.04. The lowest BCUT2D eigenvalue weighted by molar-refractivity contribution is -0.172. The van der Waals surface area contributed by atoms with Crippen molar-refractivity contribution in [2.45, 2.75) is 33.1 Å². The summed E-state index contributed by atoms with van der Waals surface area (Å²) in [6, 6.07) is 0. The predicted octanol–water partition coefficient (Wildman–Crippen LogP) is 0.582. The Morgan fingerprint density at radius 1 is 1.06 bits per heavy atom. The number of ether oxygens (including phenoxy) is 2. The second-order valence-corrected chi connectivity index (χ2v) is 4.52. The molecule has 0 aromatic carbocycles. The van der Waals surface area contributed by atoms with E-state index in [-0.39, 0.29) is 12.8 Å². The van der Waals surface area contributed by atoms with E-state index in [0.29, 0.717) is 6.42 Å². The largest absolute Gasteiger partial charge is 0.393 e. The molecule has 3 fully saturated rings. The zero-order valence-electron chi connectivity index (χ0n) is 10.2. The quantitative estimate of drug-likeness (QED) is 0.464. The Hall–Kier alpha value is -1.72. The molecule has 3 rings (SSSR count). The molecule has 3 aliphatic rings. The third-order valence-electron chi connectivity index (χ3n) is 3.69. The molecule has 0 aromatic heterocycles. The number of cyclic esters (lactones) is 4. The van der Waals surface area contributed by atoms with Gasteiger partial charge < -0.3 is 9.47 Å². The van der Waals surface area contributed by atoms with Gasteiger partial charge in [0.15, 0.2) is 0 Å². The fraction of sp³-hybridized carbons (Fsp3) is 0.667. The van der Waals surface area contributed by atoms with Crippen LogP contribution in [0.2, 0.25) is 0 Å². The summed E-state index contributed by atoms with van der Waals surface area (Å²) in [4.78, 5) is 45.6. The van der Waals surface area contributed by atoms with Crippen LogP contribution in [0.1, 0.15) is 33.1 Å². The van der Waals surface area contributed by atoms with Crippen LogP contribution in [0.4, 0.5) is 0 Å². The van der Waals surface area contributed by atoms with Gasteiger partial charge in [0.1, 0.15) is 0 Å². The average molecular weight is 254 g/mol. The first-order chi connectivity index (χ1) is 8.53. The van der Waals surface area contributed by atoms with Gasteiger partial charge in [0.2, 0.25) is 0 Å². The van der Waals surface area contributed by atoms with E-state index in [1.54, 1.807) is 0 Å². The maximum absolute atomic E-state index is 11.6. The Kier molecular flexibility index (Phi) is 2.96. The highest BCUT2D eigenvalue weighted by molar-refractivity contribution is 6.04. The lowest BCUT2D eigenvalue weighted by Crippen LogP contribution is -2.37. The summed E-state index contributed by atoms with van der Waals surface area (Å²) >= 11 is 0. The average Bonchev–Trinajstić information content (AvgIpc) is 2.81. The molecule has 2 bridgehead atoms. The molecule has 2 aliphatic heterocycles. The molecule has 6 nitrogen and oxygen atoms in total. The van der Waals surface area contributed by atoms with Crippen molar-refractivity contribution < 1.29 is 28.7 Å². The van der Waals surface area contributed by atoms with E-state index in [0.717, 1.165) is 0 Å². The summed E-state index contributed by atoms with van der Waals surface area (Å²) in [7, 11) is 0. The Morgan fingerprint density at radius 2 is 1.72 bits per heavy atom. The maximum atomic E-state index is 11.6. The monoisotopic (exact) mass is 254 g/mol. The van der Waals surface area contributed by atoms with Crippen LogP contribution < -0.4 is 0 Å². The van der Waals surface area contributed by atoms with Crippen molar-refractivity contribution in [3.8, 4) is 0 Å². The standard InChI is InChI=1S/C10H8O6.C2H6/c11-6-3-10(9(14)15-6)2-4-1-5(10)8(13)16-7(4)12;1-2/h4-5H,1-3H2;1-2H3. The van der Waals surface area contributed by atoms with Crippen LogP contribution in [0.3, 0.4) is 0 Å². The van der Waals surface area contributed by atoms with Gasteiger partial charge in [0.05, 0.1) is 23.7 Å². The van der Waals surface area contributed by atoms with Crippen molar-refractivity contribution in [1.29, 1.82) is 0 Å². The molecular weight excluding hydrogens is 240 g/mol. The first kappa shape index (κ1) is 12.7. The molecule has 1 saturated carbocycles. The normalized spacial score (nSPS) is 37.2. The van der Waals surface area contributed by atoms with Crippen LogP contribution in [-0.4, -0.2) is 23.9 Å². The van der Waals surface area contributed by atoms with Gasteiger partial charge in [0.25, 0.3) is 0 Å². The van der Waals surface area contributed by atoms with Crippen LogP contribution in [0.25, 0.3) is 0 Å². The number of carbonyl (C=O) groups is 4. The Labute approximate surface area is 104 Å². The highest BCUT2D eigenvalue weighted by Gasteiger charge is 2.65. The van der Waals surface area contributed by atoms with Crippen LogP contribution in [-0.2, 0) is 28.7 Å². The molecule has 3 unspecified atom stereocenters. The topological polar surface area (TPSA) is 86.7 Å². The van der Waals surface area contributed by atoms with E-state index in [9.17, 15) is 19.2 Å². The van der Waals surface area contributed by atoms with Gasteiger partial charge >= 0.3 is 23.9 Å². The Bertz CT molecular complexity index is 440. The molecule has 0 amide bonds. The minimum atomic E-state index is -1.13. The molecule has 2 heterocycles. The van der Waals surface area contributed by atoms with E-state index >= 15 is 0 Å². The second-order valence-electron chi connectivity index (χ2n) is 4.52. The molecule has 6 heteroatoms. The minimum absolute atomic E-state index is 0.116. The molecule has 0 radical (unpaired) electrons. The first-order valence-electron chi connectivity index (χ1n) is 6.03. The Morgan fingerprint density at radius 3 is 2.28 bits per heavy atom. The number of hydrogen-bond acceptors (Lipinski definition) is 6. The molecule has 1 spiro atoms. The number of fused-ring (bicyclic) bond motifs is 3. The molecule has 0 N–H and O–H groups in total. The molecule has 3 atom stereocenters. The third-order valence-corrected chi connectivity index (χ3v) is 3.69. The van der Waals surface area contributed by atoms with E-state index in [2.05, 4.69) is 9.47 Å². The number of carbonyl (C=O) groups excluding carboxylic acids is 4. The maximum Gasteiger partial charge on any atom is 0.321 e. The summed E-state index contributed by atoms with van der Waals surface area (Å²) in [6.45, 7) is 4.00. The van der Waals surface area contributed by atoms with Gasteiger partial charge in [-0.2, -0.15) is 0 Å². The molecule has 1 aliphatic carbocycles. The molecule has 0 aromatic rings. The number of rotatable bonds is 0. The van der Waals surface area contributed by atoms with Crippen LogP contribution in [0, 0.1) is 17.3 Å². The van der Waals surface area contributed by atoms with Gasteiger partial charge in [-0.3, -0.25) is 19.2 Å². The van der Waals surface area contributed by atoms with Crippen molar-refractivity contribution in [1.82, 2.24) is 0 Å². The van der Waals surface area contributed by atoms with Crippen molar-refractivity contribution in [2.75, 3.05) is 0 Å². The van der Waals surface area contributed by atoms with Gasteiger partial charge in [-0.1, -0.05) is 13.8 Å². The summed E-state index contributed by atoms with van der Waals surface area (Å²) in [5, 5.41) is 0. The predicted molar refractivity (Wildman–Crippen MR) is 56.8 cm³/mol. The summed E-state index contributed by atoms with van der Waals surface area (Å²) in [5.41, 5.74) is -1.13. The molecule has 98 valence electrons. The number of esters is 4. The number of hydrogen-bond donors (Lipinski definition) is 0. The lowest BCUT2D eigenvalue weighted by Gasteiger charge is -2.23. The molecular formula is C12H14O6. The summed E-state index contributed by atoms with van der Waals surface area (Å²) in [5.74, 6) is -3.76. The van der Waals surface area contributed by atoms with Crippen LogP contribution in [0.5, 0.6) is 0 Å².